The predicted octanol–water partition coefficient (Wildman–Crippen LogP) is 2.31. The van der Waals surface area contributed by atoms with E-state index >= 15 is 0 Å². The van der Waals surface area contributed by atoms with Gasteiger partial charge in [-0.25, -0.2) is 0 Å². The van der Waals surface area contributed by atoms with E-state index in [0.29, 0.717) is 24.2 Å². The van der Waals surface area contributed by atoms with Crippen LogP contribution >= 0.6 is 0 Å². The molecular weight excluding hydrogens is 164 g/mol. The summed E-state index contributed by atoms with van der Waals surface area (Å²) in [5.74, 6) is 2.00. The number of carboxylic acids is 1. The topological polar surface area (TPSA) is 37.3 Å². The highest BCUT2D eigenvalue weighted by Crippen LogP contribution is 2.54. The van der Waals surface area contributed by atoms with Crippen molar-refractivity contribution in [1.82, 2.24) is 0 Å². The van der Waals surface area contributed by atoms with Crippen molar-refractivity contribution in [3.63, 3.8) is 0 Å². The Morgan fingerprint density at radius 2 is 2.23 bits per heavy atom. The molecule has 0 heterocycles. The molecule has 72 valence electrons. The molecule has 13 heavy (non-hydrogen) atoms. The summed E-state index contributed by atoms with van der Waals surface area (Å²) in [5, 5.41) is 8.67. The zero-order valence-corrected chi connectivity index (χ0v) is 7.78. The molecule has 2 aliphatic carbocycles. The molecule has 0 aromatic heterocycles. The van der Waals surface area contributed by atoms with Crippen LogP contribution in [0.2, 0.25) is 0 Å². The molecule has 0 saturated heterocycles. The van der Waals surface area contributed by atoms with E-state index in [1.165, 1.54) is 12.8 Å². The molecule has 0 spiro atoms. The quantitative estimate of drug-likeness (QED) is 0.677. The highest BCUT2D eigenvalue weighted by molar-refractivity contribution is 5.67. The minimum absolute atomic E-state index is 0.380. The van der Waals surface area contributed by atoms with Gasteiger partial charge in [-0.2, -0.15) is 0 Å². The van der Waals surface area contributed by atoms with Gasteiger partial charge in [-0.05, 0) is 42.9 Å². The molecule has 4 unspecified atom stereocenters. The summed E-state index contributed by atoms with van der Waals surface area (Å²) in [4.78, 5) is 10.5. The number of allylic oxidation sites excluding steroid dienone is 1. The van der Waals surface area contributed by atoms with Crippen LogP contribution in [0.25, 0.3) is 0 Å². The standard InChI is InChI=1S/C11H16O2/c1-2-7-3-8-5-9(6-11(12)13)10(8)4-7/h2,7-10H,1,3-6H2,(H,12,13). The summed E-state index contributed by atoms with van der Waals surface area (Å²) in [5.41, 5.74) is 0. The second-order valence-electron chi connectivity index (χ2n) is 4.48. The van der Waals surface area contributed by atoms with Gasteiger partial charge >= 0.3 is 5.97 Å². The highest BCUT2D eigenvalue weighted by Gasteiger charge is 2.46. The fourth-order valence-corrected chi connectivity index (χ4v) is 3.07. The lowest BCUT2D eigenvalue weighted by Crippen LogP contribution is -2.33. The lowest BCUT2D eigenvalue weighted by atomic mass is 9.65. The number of carbonyl (C=O) groups is 1. The maximum atomic E-state index is 10.5. The van der Waals surface area contributed by atoms with Crippen molar-refractivity contribution in [1.29, 1.82) is 0 Å². The largest absolute Gasteiger partial charge is 0.481 e. The van der Waals surface area contributed by atoms with Gasteiger partial charge in [0.15, 0.2) is 0 Å². The maximum Gasteiger partial charge on any atom is 0.303 e. The third kappa shape index (κ3) is 1.50. The van der Waals surface area contributed by atoms with E-state index in [1.54, 1.807) is 0 Å². The normalized spacial score (nSPS) is 42.2. The Labute approximate surface area is 78.6 Å². The average Bonchev–Trinajstić information content (AvgIpc) is 2.38. The summed E-state index contributed by atoms with van der Waals surface area (Å²) in [7, 11) is 0. The van der Waals surface area contributed by atoms with Gasteiger partial charge in [0.05, 0.1) is 0 Å². The van der Waals surface area contributed by atoms with Gasteiger partial charge in [-0.3, -0.25) is 4.79 Å². The average molecular weight is 180 g/mol. The van der Waals surface area contributed by atoms with Crippen LogP contribution in [0.3, 0.4) is 0 Å². The van der Waals surface area contributed by atoms with E-state index in [4.69, 9.17) is 5.11 Å². The van der Waals surface area contributed by atoms with Crippen LogP contribution in [-0.2, 0) is 4.79 Å². The Morgan fingerprint density at radius 3 is 2.85 bits per heavy atom. The zero-order chi connectivity index (χ0) is 9.42. The third-order valence-corrected chi connectivity index (χ3v) is 3.77. The van der Waals surface area contributed by atoms with Crippen molar-refractivity contribution in [3.05, 3.63) is 12.7 Å². The number of hydrogen-bond acceptors (Lipinski definition) is 1. The van der Waals surface area contributed by atoms with Crippen LogP contribution in [0.15, 0.2) is 12.7 Å². The van der Waals surface area contributed by atoms with Crippen molar-refractivity contribution >= 4 is 5.97 Å². The van der Waals surface area contributed by atoms with Crippen LogP contribution in [0.1, 0.15) is 25.7 Å². The van der Waals surface area contributed by atoms with Gasteiger partial charge in [0.2, 0.25) is 0 Å². The van der Waals surface area contributed by atoms with Crippen LogP contribution in [-0.4, -0.2) is 11.1 Å². The molecule has 2 fully saturated rings. The van der Waals surface area contributed by atoms with Crippen LogP contribution in [0.5, 0.6) is 0 Å². The number of hydrogen-bond donors (Lipinski definition) is 1. The van der Waals surface area contributed by atoms with E-state index in [1.807, 2.05) is 6.08 Å². The second kappa shape index (κ2) is 3.17. The third-order valence-electron chi connectivity index (χ3n) is 3.77. The van der Waals surface area contributed by atoms with Gasteiger partial charge in [-0.1, -0.05) is 6.08 Å². The Balaban J connectivity index is 1.88. The number of aliphatic carboxylic acids is 1. The first-order valence-corrected chi connectivity index (χ1v) is 5.05. The van der Waals surface area contributed by atoms with E-state index in [9.17, 15) is 4.79 Å². The molecule has 2 aliphatic rings. The van der Waals surface area contributed by atoms with Gasteiger partial charge < -0.3 is 5.11 Å². The maximum absolute atomic E-state index is 10.5. The minimum atomic E-state index is -0.634. The zero-order valence-electron chi connectivity index (χ0n) is 7.78. The molecule has 0 bridgehead atoms. The van der Waals surface area contributed by atoms with Gasteiger partial charge in [0.25, 0.3) is 0 Å². The molecule has 4 atom stereocenters. The lowest BCUT2D eigenvalue weighted by molar-refractivity contribution is -0.140. The van der Waals surface area contributed by atoms with Gasteiger partial charge in [-0.15, -0.1) is 6.58 Å². The lowest BCUT2D eigenvalue weighted by Gasteiger charge is -2.39. The molecule has 0 aromatic carbocycles. The Morgan fingerprint density at radius 1 is 1.46 bits per heavy atom. The van der Waals surface area contributed by atoms with Crippen molar-refractivity contribution in [3.8, 4) is 0 Å². The molecule has 2 rings (SSSR count). The number of fused-ring (bicyclic) bond motifs is 1. The monoisotopic (exact) mass is 180 g/mol. The molecular formula is C11H16O2. The molecule has 2 nitrogen and oxygen atoms in total. The van der Waals surface area contributed by atoms with Crippen molar-refractivity contribution < 1.29 is 9.90 Å². The first kappa shape index (κ1) is 8.79. The molecule has 0 aromatic rings. The smallest absolute Gasteiger partial charge is 0.303 e. The van der Waals surface area contributed by atoms with Crippen molar-refractivity contribution in [2.45, 2.75) is 25.7 Å². The molecule has 0 radical (unpaired) electrons. The summed E-state index contributed by atoms with van der Waals surface area (Å²) < 4.78 is 0. The fraction of sp³-hybridized carbons (Fsp3) is 0.727. The minimum Gasteiger partial charge on any atom is -0.481 e. The summed E-state index contributed by atoms with van der Waals surface area (Å²) in [6.07, 6.45) is 6.00. The fourth-order valence-electron chi connectivity index (χ4n) is 3.07. The van der Waals surface area contributed by atoms with Crippen molar-refractivity contribution in [2.24, 2.45) is 23.7 Å². The molecule has 0 aliphatic heterocycles. The SMILES string of the molecule is C=CC1CC2CC(CC(=O)O)C2C1. The Kier molecular flexibility index (Phi) is 2.14. The summed E-state index contributed by atoms with van der Waals surface area (Å²) >= 11 is 0. The Hall–Kier alpha value is -0.790. The van der Waals surface area contributed by atoms with Crippen LogP contribution in [0.4, 0.5) is 0 Å². The van der Waals surface area contributed by atoms with Gasteiger partial charge in [0.1, 0.15) is 0 Å². The number of carboxylic acid groups (broad SMARTS) is 1. The molecule has 0 amide bonds. The van der Waals surface area contributed by atoms with E-state index < -0.39 is 5.97 Å². The molecule has 1 N–H and O–H groups in total. The van der Waals surface area contributed by atoms with Gasteiger partial charge in [0, 0.05) is 6.42 Å². The summed E-state index contributed by atoms with van der Waals surface area (Å²) in [6, 6.07) is 0. The predicted molar refractivity (Wildman–Crippen MR) is 50.3 cm³/mol. The van der Waals surface area contributed by atoms with Crippen molar-refractivity contribution in [2.75, 3.05) is 0 Å². The van der Waals surface area contributed by atoms with E-state index in [-0.39, 0.29) is 0 Å². The number of rotatable bonds is 3. The first-order chi connectivity index (χ1) is 6.20. The molecule has 2 heteroatoms. The first-order valence-electron chi connectivity index (χ1n) is 5.05. The Bertz CT molecular complexity index is 234. The highest BCUT2D eigenvalue weighted by atomic mass is 16.4. The second-order valence-corrected chi connectivity index (χ2v) is 4.48. The summed E-state index contributed by atoms with van der Waals surface area (Å²) in [6.45, 7) is 3.81. The molecule has 2 saturated carbocycles. The van der Waals surface area contributed by atoms with E-state index in [0.717, 1.165) is 12.3 Å². The van der Waals surface area contributed by atoms with Crippen LogP contribution < -0.4 is 0 Å². The van der Waals surface area contributed by atoms with Crippen LogP contribution in [0, 0.1) is 23.7 Å². The van der Waals surface area contributed by atoms with E-state index in [2.05, 4.69) is 6.58 Å².